The van der Waals surface area contributed by atoms with Gasteiger partial charge in [0.2, 0.25) is 5.89 Å². The van der Waals surface area contributed by atoms with Gasteiger partial charge in [-0.25, -0.2) is 4.98 Å². The Hall–Kier alpha value is -2.51. The molecule has 0 amide bonds. The van der Waals surface area contributed by atoms with Crippen molar-refractivity contribution in [3.8, 4) is 11.5 Å². The molecule has 3 heterocycles. The van der Waals surface area contributed by atoms with Crippen molar-refractivity contribution in [2.24, 2.45) is 0 Å². The van der Waals surface area contributed by atoms with Crippen LogP contribution in [0.15, 0.2) is 62.9 Å². The summed E-state index contributed by atoms with van der Waals surface area (Å²) in [6.45, 7) is 0.640. The molecule has 0 spiro atoms. The van der Waals surface area contributed by atoms with E-state index in [0.29, 0.717) is 29.1 Å². The van der Waals surface area contributed by atoms with E-state index in [1.165, 1.54) is 12.8 Å². The number of hydrogen-bond acceptors (Lipinski definition) is 6. The van der Waals surface area contributed by atoms with E-state index >= 15 is 0 Å². The summed E-state index contributed by atoms with van der Waals surface area (Å²) in [4.78, 5) is 4.57. The average Bonchev–Trinajstić information content (AvgIpc) is 3.10. The molecule has 28 heavy (non-hydrogen) atoms. The number of benzene rings is 1. The number of nitrogens with zero attached hydrogens (tertiary/aromatic N) is 4. The minimum Gasteiger partial charge on any atom is -0.467 e. The summed E-state index contributed by atoms with van der Waals surface area (Å²) in [7, 11) is 0. The van der Waals surface area contributed by atoms with Crippen molar-refractivity contribution in [1.29, 1.82) is 0 Å². The second-order valence-corrected chi connectivity index (χ2v) is 8.10. The molecule has 1 aliphatic carbocycles. The molecule has 0 radical (unpaired) electrons. The number of thioether (sulfide) groups is 1. The van der Waals surface area contributed by atoms with Gasteiger partial charge in [-0.05, 0) is 43.2 Å². The van der Waals surface area contributed by atoms with Crippen LogP contribution in [0.2, 0.25) is 5.02 Å². The molecule has 1 fully saturated rings. The van der Waals surface area contributed by atoms with Crippen molar-refractivity contribution in [3.63, 3.8) is 0 Å². The van der Waals surface area contributed by atoms with Crippen molar-refractivity contribution in [3.05, 3.63) is 71.2 Å². The normalized spacial score (nSPS) is 13.9. The third-order valence-corrected chi connectivity index (χ3v) is 5.79. The highest BCUT2D eigenvalue weighted by Crippen LogP contribution is 2.40. The average molecular weight is 413 g/mol. The van der Waals surface area contributed by atoms with E-state index in [4.69, 9.17) is 20.4 Å². The molecule has 0 bridgehead atoms. The molecule has 0 N–H and O–H groups in total. The first-order valence-electron chi connectivity index (χ1n) is 9.05. The predicted octanol–water partition coefficient (Wildman–Crippen LogP) is 5.40. The maximum atomic E-state index is 6.05. The van der Waals surface area contributed by atoms with Crippen LogP contribution >= 0.6 is 23.4 Å². The lowest BCUT2D eigenvalue weighted by atomic mass is 10.2. The SMILES string of the molecule is Clc1cccc(-c2nc(CSc3nnc(C4CC4)n3Cc3ccco3)co2)c1. The molecule has 0 saturated heterocycles. The van der Waals surface area contributed by atoms with E-state index in [0.717, 1.165) is 28.0 Å². The topological polar surface area (TPSA) is 69.9 Å². The highest BCUT2D eigenvalue weighted by molar-refractivity contribution is 7.98. The van der Waals surface area contributed by atoms with E-state index in [1.54, 1.807) is 24.3 Å². The third kappa shape index (κ3) is 3.72. The first kappa shape index (κ1) is 17.6. The number of furan rings is 1. The van der Waals surface area contributed by atoms with Gasteiger partial charge in [0.25, 0.3) is 0 Å². The molecular formula is C20H17ClN4O2S. The van der Waals surface area contributed by atoms with Crippen LogP contribution in [0.25, 0.3) is 11.5 Å². The maximum Gasteiger partial charge on any atom is 0.226 e. The Labute approximate surface area is 170 Å². The Morgan fingerprint density at radius 3 is 2.86 bits per heavy atom. The van der Waals surface area contributed by atoms with Crippen molar-refractivity contribution < 1.29 is 8.83 Å². The molecule has 8 heteroatoms. The zero-order valence-corrected chi connectivity index (χ0v) is 16.5. The molecule has 6 nitrogen and oxygen atoms in total. The van der Waals surface area contributed by atoms with Crippen molar-refractivity contribution in [2.75, 3.05) is 0 Å². The highest BCUT2D eigenvalue weighted by Gasteiger charge is 2.30. The summed E-state index contributed by atoms with van der Waals surface area (Å²) in [6.07, 6.45) is 5.72. The van der Waals surface area contributed by atoms with E-state index in [1.807, 2.05) is 36.4 Å². The Bertz CT molecular complexity index is 1090. The summed E-state index contributed by atoms with van der Waals surface area (Å²) >= 11 is 7.65. The fraction of sp³-hybridized carbons (Fsp3) is 0.250. The molecule has 1 aliphatic rings. The smallest absolute Gasteiger partial charge is 0.226 e. The van der Waals surface area contributed by atoms with Gasteiger partial charge in [0.05, 0.1) is 18.5 Å². The molecular weight excluding hydrogens is 396 g/mol. The van der Waals surface area contributed by atoms with Crippen molar-refractivity contribution in [2.45, 2.75) is 36.2 Å². The van der Waals surface area contributed by atoms with Gasteiger partial charge in [-0.3, -0.25) is 4.57 Å². The minimum absolute atomic E-state index is 0.512. The first-order valence-corrected chi connectivity index (χ1v) is 10.4. The Balaban J connectivity index is 1.33. The molecule has 1 saturated carbocycles. The van der Waals surface area contributed by atoms with Crippen molar-refractivity contribution in [1.82, 2.24) is 19.7 Å². The molecule has 0 unspecified atom stereocenters. The van der Waals surface area contributed by atoms with Gasteiger partial charge in [0.15, 0.2) is 5.16 Å². The fourth-order valence-corrected chi connectivity index (χ4v) is 4.04. The number of aromatic nitrogens is 4. The van der Waals surface area contributed by atoms with E-state index in [-0.39, 0.29) is 0 Å². The predicted molar refractivity (Wildman–Crippen MR) is 106 cm³/mol. The van der Waals surface area contributed by atoms with Gasteiger partial charge in [-0.2, -0.15) is 0 Å². The van der Waals surface area contributed by atoms with Crippen LogP contribution in [0.1, 0.15) is 36.0 Å². The summed E-state index contributed by atoms with van der Waals surface area (Å²) < 4.78 is 13.3. The molecule has 3 aromatic heterocycles. The highest BCUT2D eigenvalue weighted by atomic mass is 35.5. The largest absolute Gasteiger partial charge is 0.467 e. The quantitative estimate of drug-likeness (QED) is 0.378. The molecule has 1 aromatic carbocycles. The van der Waals surface area contributed by atoms with Crippen molar-refractivity contribution >= 4 is 23.4 Å². The van der Waals surface area contributed by atoms with E-state index < -0.39 is 0 Å². The number of rotatable bonds is 7. The fourth-order valence-electron chi connectivity index (χ4n) is 3.02. The standard InChI is InChI=1S/C20H17ClN4O2S/c21-15-4-1-3-14(9-15)19-22-16(11-27-19)12-28-20-24-23-18(13-6-7-13)25(20)10-17-5-2-8-26-17/h1-5,8-9,11,13H,6-7,10,12H2. The summed E-state index contributed by atoms with van der Waals surface area (Å²) in [5, 5.41) is 10.4. The third-order valence-electron chi connectivity index (χ3n) is 4.55. The van der Waals surface area contributed by atoms with Crippen LogP contribution in [-0.2, 0) is 12.3 Å². The number of oxazole rings is 1. The van der Waals surface area contributed by atoms with Crippen LogP contribution < -0.4 is 0 Å². The van der Waals surface area contributed by atoms with Crippen LogP contribution in [0.5, 0.6) is 0 Å². The Kier molecular flexibility index (Phi) is 4.70. The second kappa shape index (κ2) is 7.48. The lowest BCUT2D eigenvalue weighted by Gasteiger charge is -2.07. The molecule has 4 aromatic rings. The minimum atomic E-state index is 0.512. The lowest BCUT2D eigenvalue weighted by molar-refractivity contribution is 0.478. The molecule has 0 atom stereocenters. The zero-order chi connectivity index (χ0) is 18.9. The van der Waals surface area contributed by atoms with Crippen LogP contribution in [0.3, 0.4) is 0 Å². The first-order chi connectivity index (χ1) is 13.8. The van der Waals surface area contributed by atoms with Crippen LogP contribution in [-0.4, -0.2) is 19.7 Å². The number of halogens is 1. The summed E-state index contributed by atoms with van der Waals surface area (Å²) in [5.41, 5.74) is 1.71. The van der Waals surface area contributed by atoms with Gasteiger partial charge in [-0.15, -0.1) is 10.2 Å². The van der Waals surface area contributed by atoms with Gasteiger partial charge >= 0.3 is 0 Å². The van der Waals surface area contributed by atoms with E-state index in [9.17, 15) is 0 Å². The maximum absolute atomic E-state index is 6.05. The molecule has 0 aliphatic heterocycles. The second-order valence-electron chi connectivity index (χ2n) is 6.72. The van der Waals surface area contributed by atoms with Crippen LogP contribution in [0.4, 0.5) is 0 Å². The van der Waals surface area contributed by atoms with Gasteiger partial charge in [0, 0.05) is 22.3 Å². The summed E-state index contributed by atoms with van der Waals surface area (Å²) in [5.74, 6) is 3.66. The van der Waals surface area contributed by atoms with Gasteiger partial charge < -0.3 is 8.83 Å². The van der Waals surface area contributed by atoms with Gasteiger partial charge in [-0.1, -0.05) is 29.4 Å². The monoisotopic (exact) mass is 412 g/mol. The summed E-state index contributed by atoms with van der Waals surface area (Å²) in [6, 6.07) is 11.3. The number of hydrogen-bond donors (Lipinski definition) is 0. The molecule has 5 rings (SSSR count). The lowest BCUT2D eigenvalue weighted by Crippen LogP contribution is -2.05. The van der Waals surface area contributed by atoms with Gasteiger partial charge in [0.1, 0.15) is 17.8 Å². The Morgan fingerprint density at radius 2 is 2.07 bits per heavy atom. The molecule has 142 valence electrons. The van der Waals surface area contributed by atoms with E-state index in [2.05, 4.69) is 19.7 Å². The Morgan fingerprint density at radius 1 is 1.14 bits per heavy atom. The zero-order valence-electron chi connectivity index (χ0n) is 14.9. The van der Waals surface area contributed by atoms with Crippen LogP contribution in [0, 0.1) is 0 Å².